The van der Waals surface area contributed by atoms with Gasteiger partial charge in [-0.3, -0.25) is 9.59 Å². The van der Waals surface area contributed by atoms with E-state index in [4.69, 9.17) is 15.2 Å². The van der Waals surface area contributed by atoms with E-state index >= 15 is 0 Å². The number of ether oxygens (including phenoxy) is 2. The maximum absolute atomic E-state index is 14.2. The average molecular weight is 708 g/mol. The number of imide groups is 1. The Morgan fingerprint density at radius 2 is 1.73 bits per heavy atom. The fourth-order valence-corrected chi connectivity index (χ4v) is 6.82. The van der Waals surface area contributed by atoms with Gasteiger partial charge in [-0.1, -0.05) is 26.0 Å². The number of fused-ring (bicyclic) bond motifs is 1. The summed E-state index contributed by atoms with van der Waals surface area (Å²) in [6, 6.07) is 15.8. The number of likely N-dealkylation sites (tertiary alicyclic amines) is 1. The van der Waals surface area contributed by atoms with Gasteiger partial charge in [0.25, 0.3) is 5.91 Å². The molecule has 0 radical (unpaired) electrons. The number of halogens is 1. The number of anilines is 2. The number of nitrogens with one attached hydrogen (secondary N) is 2. The number of amides is 3. The second-order valence-electron chi connectivity index (χ2n) is 14.0. The molecule has 2 aromatic heterocycles. The first-order chi connectivity index (χ1) is 24.9. The Morgan fingerprint density at radius 3 is 2.40 bits per heavy atom. The molecule has 5 aromatic rings. The van der Waals surface area contributed by atoms with Crippen molar-refractivity contribution in [2.45, 2.75) is 65.6 Å². The first kappa shape index (κ1) is 34.7. The van der Waals surface area contributed by atoms with E-state index in [1.165, 1.54) is 16.9 Å². The number of aromatic amines is 1. The first-order valence-electron chi connectivity index (χ1n) is 17.5. The van der Waals surface area contributed by atoms with Crippen molar-refractivity contribution in [2.24, 2.45) is 5.92 Å². The topological polar surface area (TPSA) is 148 Å². The number of piperidine rings is 1. The van der Waals surface area contributed by atoms with Crippen molar-refractivity contribution in [1.82, 2.24) is 25.0 Å². The van der Waals surface area contributed by atoms with Crippen LogP contribution in [0.2, 0.25) is 0 Å². The summed E-state index contributed by atoms with van der Waals surface area (Å²) in [5.74, 6) is -0.236. The van der Waals surface area contributed by atoms with Crippen molar-refractivity contribution in [3.63, 3.8) is 0 Å². The zero-order chi connectivity index (χ0) is 36.8. The number of hydrogen-bond acceptors (Lipinski definition) is 8. The van der Waals surface area contributed by atoms with E-state index in [9.17, 15) is 18.8 Å². The van der Waals surface area contributed by atoms with E-state index in [1.54, 1.807) is 54.6 Å². The molecule has 3 amide bonds. The van der Waals surface area contributed by atoms with Gasteiger partial charge in [-0.05, 0) is 93.6 Å². The number of aromatic nitrogens is 3. The molecule has 2 aliphatic heterocycles. The zero-order valence-electron chi connectivity index (χ0n) is 29.8. The summed E-state index contributed by atoms with van der Waals surface area (Å²) >= 11 is 0. The number of rotatable bonds is 10. The molecule has 270 valence electrons. The number of hydrogen-bond donors (Lipinski definition) is 3. The van der Waals surface area contributed by atoms with Crippen molar-refractivity contribution in [2.75, 3.05) is 23.7 Å². The largest absolute Gasteiger partial charge is 0.488 e. The van der Waals surface area contributed by atoms with Crippen LogP contribution in [0.1, 0.15) is 62.2 Å². The highest BCUT2D eigenvalue weighted by Crippen LogP contribution is 2.38. The van der Waals surface area contributed by atoms with Crippen LogP contribution in [0.15, 0.2) is 66.9 Å². The van der Waals surface area contributed by atoms with Crippen molar-refractivity contribution < 1.29 is 28.2 Å². The van der Waals surface area contributed by atoms with Crippen molar-refractivity contribution in [3.05, 3.63) is 89.5 Å². The van der Waals surface area contributed by atoms with Gasteiger partial charge in [-0.2, -0.15) is 5.10 Å². The molecule has 1 atom stereocenters. The number of aryl methyl sites for hydroxylation is 1. The summed E-state index contributed by atoms with van der Waals surface area (Å²) < 4.78 is 27.9. The molecule has 0 saturated carbocycles. The van der Waals surface area contributed by atoms with Gasteiger partial charge in [-0.15, -0.1) is 0 Å². The minimum atomic E-state index is -0.662. The summed E-state index contributed by atoms with van der Waals surface area (Å²) in [7, 11) is 0. The van der Waals surface area contributed by atoms with Crippen LogP contribution >= 0.6 is 0 Å². The monoisotopic (exact) mass is 707 g/mol. The Kier molecular flexibility index (Phi) is 9.22. The molecule has 3 aromatic carbocycles. The number of nitrogen functional groups attached to an aromatic ring is 1. The molecule has 13 heteroatoms. The molecule has 0 bridgehead atoms. The summed E-state index contributed by atoms with van der Waals surface area (Å²) in [6.45, 7) is 11.7. The number of nitrogens with two attached hydrogens (primary N) is 1. The molecule has 12 nitrogen and oxygen atoms in total. The minimum Gasteiger partial charge on any atom is -0.488 e. The number of para-hydroxylation sites is 1. The van der Waals surface area contributed by atoms with E-state index in [0.29, 0.717) is 45.4 Å². The second-order valence-corrected chi connectivity index (χ2v) is 14.0. The lowest BCUT2D eigenvalue weighted by Gasteiger charge is -2.35. The van der Waals surface area contributed by atoms with Crippen molar-refractivity contribution >= 4 is 40.1 Å². The first-order valence-corrected chi connectivity index (χ1v) is 17.5. The zero-order valence-corrected chi connectivity index (χ0v) is 29.8. The fourth-order valence-electron chi connectivity index (χ4n) is 6.82. The number of benzene rings is 3. The Labute approximate surface area is 300 Å². The predicted octanol–water partition coefficient (Wildman–Crippen LogP) is 6.74. The van der Waals surface area contributed by atoms with Crippen molar-refractivity contribution in [1.29, 1.82) is 0 Å². The van der Waals surface area contributed by atoms with Crippen LogP contribution in [0, 0.1) is 18.7 Å². The predicted molar refractivity (Wildman–Crippen MR) is 196 cm³/mol. The minimum absolute atomic E-state index is 0.106. The summed E-state index contributed by atoms with van der Waals surface area (Å²) in [5, 5.41) is 7.87. The number of nitrogens with zero attached hydrogens (tertiary/aromatic N) is 4. The van der Waals surface area contributed by atoms with Crippen LogP contribution in [0.4, 0.5) is 20.7 Å². The third-order valence-electron chi connectivity index (χ3n) is 9.83. The third-order valence-corrected chi connectivity index (χ3v) is 9.83. The van der Waals surface area contributed by atoms with Crippen LogP contribution in [-0.4, -0.2) is 68.7 Å². The van der Waals surface area contributed by atoms with Gasteiger partial charge in [0.15, 0.2) is 11.6 Å². The van der Waals surface area contributed by atoms with Gasteiger partial charge in [0.05, 0.1) is 28.8 Å². The summed E-state index contributed by atoms with van der Waals surface area (Å²) in [4.78, 5) is 47.3. The summed E-state index contributed by atoms with van der Waals surface area (Å²) in [5.41, 5.74) is 9.09. The molecular weight excluding hydrogens is 665 g/mol. The van der Waals surface area contributed by atoms with Gasteiger partial charge < -0.3 is 30.4 Å². The SMILES string of the molecule is Cc1cc(-n2ncc(C(=O)c3cc4cc(OC5CCN(C(C)C)CC5)c(N5C(=O)NC(C(C)C)C5=O)cc4[nH]3)c2N)ccc1Oc1ccccc1F. The van der Waals surface area contributed by atoms with Crippen LogP contribution in [0.5, 0.6) is 17.2 Å². The van der Waals surface area contributed by atoms with Crippen molar-refractivity contribution in [3.8, 4) is 22.9 Å². The maximum Gasteiger partial charge on any atom is 0.329 e. The second kappa shape index (κ2) is 13.8. The van der Waals surface area contributed by atoms with Crippen LogP contribution in [-0.2, 0) is 4.79 Å². The highest BCUT2D eigenvalue weighted by atomic mass is 19.1. The molecule has 4 heterocycles. The van der Waals surface area contributed by atoms with Gasteiger partial charge in [0.1, 0.15) is 29.5 Å². The fraction of sp³-hybridized carbons (Fsp3) is 0.333. The van der Waals surface area contributed by atoms with Gasteiger partial charge in [-0.25, -0.2) is 18.8 Å². The molecule has 2 saturated heterocycles. The number of urea groups is 1. The lowest BCUT2D eigenvalue weighted by molar-refractivity contribution is -0.119. The van der Waals surface area contributed by atoms with E-state index in [1.807, 2.05) is 20.8 Å². The lowest BCUT2D eigenvalue weighted by atomic mass is 10.0. The standard InChI is InChI=1S/C39H42FN7O5/c1-21(2)35-38(49)46(39(50)44-35)31-19-29-24(18-34(31)51-26-12-14-45(15-13-26)22(3)4)17-30(43-29)36(48)27-20-42-47(37(27)41)25-10-11-32(23(5)16-25)52-33-9-7-6-8-28(33)40/h6-11,16-22,26,35,43H,12-15,41H2,1-5H3,(H,44,50). The van der Waals surface area contributed by atoms with E-state index in [-0.39, 0.29) is 40.8 Å². The highest BCUT2D eigenvalue weighted by molar-refractivity contribution is 6.23. The molecule has 0 aliphatic carbocycles. The number of H-pyrrole nitrogens is 1. The Bertz CT molecular complexity index is 2180. The third kappa shape index (κ3) is 6.47. The van der Waals surface area contributed by atoms with E-state index in [0.717, 1.165) is 30.8 Å². The molecular formula is C39H42FN7O5. The number of carbonyl (C=O) groups is 3. The van der Waals surface area contributed by atoms with Crippen LogP contribution < -0.4 is 25.4 Å². The number of carbonyl (C=O) groups excluding carboxylic acids is 3. The molecule has 0 spiro atoms. The van der Waals surface area contributed by atoms with E-state index in [2.05, 4.69) is 34.1 Å². The lowest BCUT2D eigenvalue weighted by Crippen LogP contribution is -2.42. The Morgan fingerprint density at radius 1 is 0.981 bits per heavy atom. The smallest absolute Gasteiger partial charge is 0.329 e. The van der Waals surface area contributed by atoms with E-state index < -0.39 is 23.7 Å². The van der Waals surface area contributed by atoms with Crippen LogP contribution in [0.3, 0.4) is 0 Å². The van der Waals surface area contributed by atoms with Gasteiger partial charge >= 0.3 is 6.03 Å². The molecule has 2 fully saturated rings. The molecule has 52 heavy (non-hydrogen) atoms. The van der Waals surface area contributed by atoms with Gasteiger partial charge in [0, 0.05) is 30.0 Å². The van der Waals surface area contributed by atoms with Crippen LogP contribution in [0.25, 0.3) is 16.6 Å². The molecule has 2 aliphatic rings. The average Bonchev–Trinajstić information content (AvgIpc) is 3.80. The molecule has 4 N–H and O–H groups in total. The highest BCUT2D eigenvalue weighted by Gasteiger charge is 2.42. The Balaban J connectivity index is 1.18. The maximum atomic E-state index is 14.2. The molecule has 7 rings (SSSR count). The quantitative estimate of drug-likeness (QED) is 0.107. The Hall–Kier alpha value is -5.69. The normalized spacial score (nSPS) is 17.1. The summed E-state index contributed by atoms with van der Waals surface area (Å²) in [6.07, 6.45) is 2.89. The number of ketones is 1. The molecule has 1 unspecified atom stereocenters. The van der Waals surface area contributed by atoms with Gasteiger partial charge in [0.2, 0.25) is 5.78 Å².